The predicted molar refractivity (Wildman–Crippen MR) is 67.3 cm³/mol. The van der Waals surface area contributed by atoms with Crippen LogP contribution < -0.4 is 5.32 Å². The number of furan rings is 1. The molecule has 0 saturated carbocycles. The van der Waals surface area contributed by atoms with Crippen molar-refractivity contribution in [2.75, 3.05) is 5.32 Å². The Morgan fingerprint density at radius 3 is 2.50 bits per heavy atom. The fourth-order valence-electron chi connectivity index (χ4n) is 1.73. The molecule has 2 aromatic rings. The zero-order chi connectivity index (χ0) is 13.3. The minimum atomic E-state index is -0.340. The van der Waals surface area contributed by atoms with Gasteiger partial charge in [0, 0.05) is 5.69 Å². The molecule has 0 aliphatic carbocycles. The zero-order valence-electron chi connectivity index (χ0n) is 10.5. The summed E-state index contributed by atoms with van der Waals surface area (Å²) in [6, 6.07) is 6.25. The normalized spacial score (nSPS) is 10.4. The van der Waals surface area contributed by atoms with Crippen molar-refractivity contribution in [2.45, 2.75) is 20.8 Å². The maximum atomic E-state index is 13.3. The molecule has 0 atom stereocenters. The molecule has 0 radical (unpaired) electrons. The molecule has 18 heavy (non-hydrogen) atoms. The average molecular weight is 247 g/mol. The minimum Gasteiger partial charge on any atom is -0.466 e. The van der Waals surface area contributed by atoms with Crippen LogP contribution in [-0.2, 0) is 0 Å². The Balaban J connectivity index is 2.21. The lowest BCUT2D eigenvalue weighted by atomic mass is 10.2. The summed E-state index contributed by atoms with van der Waals surface area (Å²) in [7, 11) is 0. The van der Waals surface area contributed by atoms with Gasteiger partial charge in [-0.3, -0.25) is 4.79 Å². The van der Waals surface area contributed by atoms with Gasteiger partial charge in [-0.25, -0.2) is 4.39 Å². The Bertz CT molecular complexity index is 602. The third-order valence-electron chi connectivity index (χ3n) is 2.72. The molecule has 1 aromatic heterocycles. The summed E-state index contributed by atoms with van der Waals surface area (Å²) in [5.41, 5.74) is 1.44. The Morgan fingerprint density at radius 2 is 1.94 bits per heavy atom. The van der Waals surface area contributed by atoms with Crippen molar-refractivity contribution in [3.63, 3.8) is 0 Å². The van der Waals surface area contributed by atoms with Crippen molar-refractivity contribution in [3.8, 4) is 0 Å². The van der Waals surface area contributed by atoms with Gasteiger partial charge in [-0.15, -0.1) is 0 Å². The number of nitrogens with one attached hydrogen (secondary N) is 1. The number of halogens is 1. The number of rotatable bonds is 2. The average Bonchev–Trinajstić information content (AvgIpc) is 2.63. The van der Waals surface area contributed by atoms with Crippen molar-refractivity contribution in [1.29, 1.82) is 0 Å². The topological polar surface area (TPSA) is 42.2 Å². The van der Waals surface area contributed by atoms with Gasteiger partial charge < -0.3 is 9.73 Å². The minimum absolute atomic E-state index is 0.299. The molecule has 1 heterocycles. The number of carbonyl (C=O) groups is 1. The molecular weight excluding hydrogens is 233 g/mol. The molecule has 1 N–H and O–H groups in total. The van der Waals surface area contributed by atoms with Gasteiger partial charge in [-0.2, -0.15) is 0 Å². The van der Waals surface area contributed by atoms with Gasteiger partial charge in [0.05, 0.1) is 5.56 Å². The van der Waals surface area contributed by atoms with Crippen LogP contribution in [-0.4, -0.2) is 5.91 Å². The monoisotopic (exact) mass is 247 g/mol. The van der Waals surface area contributed by atoms with Crippen molar-refractivity contribution in [3.05, 3.63) is 52.7 Å². The molecule has 1 amide bonds. The molecule has 0 fully saturated rings. The Labute approximate surface area is 105 Å². The second kappa shape index (κ2) is 4.64. The van der Waals surface area contributed by atoms with Crippen LogP contribution in [0.15, 0.2) is 28.7 Å². The number of carbonyl (C=O) groups excluding carboxylic acids is 1. The third kappa shape index (κ3) is 2.42. The second-order valence-corrected chi connectivity index (χ2v) is 4.24. The number of aryl methyl sites for hydroxylation is 3. The van der Waals surface area contributed by atoms with Crippen LogP contribution in [0.2, 0.25) is 0 Å². The predicted octanol–water partition coefficient (Wildman–Crippen LogP) is 3.60. The summed E-state index contributed by atoms with van der Waals surface area (Å²) in [5.74, 6) is 0.589. The standard InChI is InChI=1S/C14H14FNO2/c1-8-4-5-11(7-13(8)15)16-14(17)12-6-9(2)18-10(12)3/h4-7H,1-3H3,(H,16,17). The van der Waals surface area contributed by atoms with Crippen LogP contribution in [0, 0.1) is 26.6 Å². The van der Waals surface area contributed by atoms with Crippen LogP contribution in [0.3, 0.4) is 0 Å². The van der Waals surface area contributed by atoms with Crippen LogP contribution in [0.25, 0.3) is 0 Å². The van der Waals surface area contributed by atoms with Crippen LogP contribution in [0.4, 0.5) is 10.1 Å². The van der Waals surface area contributed by atoms with E-state index in [1.807, 2.05) is 0 Å². The van der Waals surface area contributed by atoms with E-state index in [2.05, 4.69) is 5.32 Å². The molecule has 2 rings (SSSR count). The van der Waals surface area contributed by atoms with Gasteiger partial charge in [-0.1, -0.05) is 6.07 Å². The second-order valence-electron chi connectivity index (χ2n) is 4.24. The SMILES string of the molecule is Cc1cc(C(=O)Nc2ccc(C)c(F)c2)c(C)o1. The lowest BCUT2D eigenvalue weighted by Gasteiger charge is -2.05. The van der Waals surface area contributed by atoms with Crippen LogP contribution >= 0.6 is 0 Å². The highest BCUT2D eigenvalue weighted by Crippen LogP contribution is 2.18. The van der Waals surface area contributed by atoms with Crippen molar-refractivity contribution in [2.24, 2.45) is 0 Å². The molecule has 0 aliphatic heterocycles. The van der Waals surface area contributed by atoms with Gasteiger partial charge in [-0.05, 0) is 44.5 Å². The van der Waals surface area contributed by atoms with Crippen molar-refractivity contribution >= 4 is 11.6 Å². The number of hydrogen-bond acceptors (Lipinski definition) is 2. The molecular formula is C14H14FNO2. The van der Waals surface area contributed by atoms with E-state index in [1.165, 1.54) is 6.07 Å². The van der Waals surface area contributed by atoms with Gasteiger partial charge in [0.2, 0.25) is 0 Å². The first-order valence-electron chi connectivity index (χ1n) is 5.62. The third-order valence-corrected chi connectivity index (χ3v) is 2.72. The van der Waals surface area contributed by atoms with E-state index >= 15 is 0 Å². The Kier molecular flexibility index (Phi) is 3.19. The number of hydrogen-bond donors (Lipinski definition) is 1. The molecule has 0 bridgehead atoms. The van der Waals surface area contributed by atoms with E-state index in [1.54, 1.807) is 39.0 Å². The van der Waals surface area contributed by atoms with Gasteiger partial charge in [0.25, 0.3) is 5.91 Å². The van der Waals surface area contributed by atoms with Crippen LogP contribution in [0.1, 0.15) is 27.4 Å². The fraction of sp³-hybridized carbons (Fsp3) is 0.214. The first-order chi connectivity index (χ1) is 8.47. The van der Waals surface area contributed by atoms with Crippen molar-refractivity contribution in [1.82, 2.24) is 0 Å². The molecule has 94 valence electrons. The lowest BCUT2D eigenvalue weighted by molar-refractivity contribution is 0.102. The Hall–Kier alpha value is -2.10. The quantitative estimate of drug-likeness (QED) is 0.881. The number of benzene rings is 1. The highest BCUT2D eigenvalue weighted by atomic mass is 19.1. The Morgan fingerprint density at radius 1 is 1.22 bits per heavy atom. The summed E-state index contributed by atoms with van der Waals surface area (Å²) in [6.45, 7) is 5.16. The first-order valence-corrected chi connectivity index (χ1v) is 5.62. The van der Waals surface area contributed by atoms with Gasteiger partial charge in [0.1, 0.15) is 17.3 Å². The molecule has 0 unspecified atom stereocenters. The maximum absolute atomic E-state index is 13.3. The molecule has 0 spiro atoms. The summed E-state index contributed by atoms with van der Waals surface area (Å²) in [5, 5.41) is 2.64. The highest BCUT2D eigenvalue weighted by molar-refractivity contribution is 6.05. The van der Waals surface area contributed by atoms with E-state index in [0.717, 1.165) is 0 Å². The number of anilines is 1. The van der Waals surface area contributed by atoms with Gasteiger partial charge >= 0.3 is 0 Å². The largest absolute Gasteiger partial charge is 0.466 e. The molecule has 0 aliphatic rings. The molecule has 0 saturated heterocycles. The van der Waals surface area contributed by atoms with Crippen molar-refractivity contribution < 1.29 is 13.6 Å². The first kappa shape index (κ1) is 12.4. The summed E-state index contributed by atoms with van der Waals surface area (Å²) in [4.78, 5) is 12.0. The molecule has 3 nitrogen and oxygen atoms in total. The summed E-state index contributed by atoms with van der Waals surface area (Å²) in [6.07, 6.45) is 0. The number of amides is 1. The van der Waals surface area contributed by atoms with Gasteiger partial charge in [0.15, 0.2) is 0 Å². The van der Waals surface area contributed by atoms with E-state index < -0.39 is 0 Å². The summed E-state index contributed by atoms with van der Waals surface area (Å²) < 4.78 is 18.6. The highest BCUT2D eigenvalue weighted by Gasteiger charge is 2.13. The van der Waals surface area contributed by atoms with E-state index in [0.29, 0.717) is 28.3 Å². The molecule has 1 aromatic carbocycles. The van der Waals surface area contributed by atoms with E-state index in [4.69, 9.17) is 4.42 Å². The fourth-order valence-corrected chi connectivity index (χ4v) is 1.73. The van der Waals surface area contributed by atoms with Crippen LogP contribution in [0.5, 0.6) is 0 Å². The van der Waals surface area contributed by atoms with E-state index in [9.17, 15) is 9.18 Å². The van der Waals surface area contributed by atoms with E-state index in [-0.39, 0.29) is 11.7 Å². The summed E-state index contributed by atoms with van der Waals surface area (Å²) >= 11 is 0. The molecule has 4 heteroatoms. The zero-order valence-corrected chi connectivity index (χ0v) is 10.5. The smallest absolute Gasteiger partial charge is 0.259 e. The maximum Gasteiger partial charge on any atom is 0.259 e. The lowest BCUT2D eigenvalue weighted by Crippen LogP contribution is -2.12.